The minimum absolute atomic E-state index is 0.0644. The largest absolute Gasteiger partial charge is 0.342 e. The van der Waals surface area contributed by atoms with Crippen LogP contribution >= 0.6 is 0 Å². The lowest BCUT2D eigenvalue weighted by Crippen LogP contribution is -2.33. The summed E-state index contributed by atoms with van der Waals surface area (Å²) in [5.41, 5.74) is 1.85. The van der Waals surface area contributed by atoms with Crippen LogP contribution in [-0.2, 0) is 6.42 Å². The molecule has 2 heterocycles. The van der Waals surface area contributed by atoms with Crippen molar-refractivity contribution in [2.24, 2.45) is 0 Å². The number of nitrogens with one attached hydrogen (secondary N) is 1. The number of H-pyrrole nitrogens is 1. The molecule has 0 amide bonds. The van der Waals surface area contributed by atoms with Crippen molar-refractivity contribution in [2.45, 2.75) is 65.2 Å². The number of unbranched alkanes of at least 4 members (excludes halogenated alkanes) is 3. The molecule has 1 aliphatic heterocycles. The second-order valence-electron chi connectivity index (χ2n) is 5.81. The maximum atomic E-state index is 12.2. The highest BCUT2D eigenvalue weighted by molar-refractivity contribution is 5.33. The van der Waals surface area contributed by atoms with Gasteiger partial charge < -0.3 is 4.90 Å². The predicted octanol–water partition coefficient (Wildman–Crippen LogP) is 3.19. The summed E-state index contributed by atoms with van der Waals surface area (Å²) in [5, 5.41) is 0. The van der Waals surface area contributed by atoms with E-state index in [1.54, 1.807) is 0 Å². The van der Waals surface area contributed by atoms with Gasteiger partial charge in [0.25, 0.3) is 5.56 Å². The molecule has 0 aromatic carbocycles. The topological polar surface area (TPSA) is 49.0 Å². The van der Waals surface area contributed by atoms with Crippen molar-refractivity contribution >= 4 is 5.95 Å². The highest BCUT2D eigenvalue weighted by Gasteiger charge is 2.15. The van der Waals surface area contributed by atoms with Gasteiger partial charge in [0.1, 0.15) is 0 Å². The van der Waals surface area contributed by atoms with Crippen LogP contribution in [0.3, 0.4) is 0 Å². The van der Waals surface area contributed by atoms with E-state index < -0.39 is 0 Å². The number of piperidine rings is 1. The van der Waals surface area contributed by atoms with E-state index in [1.807, 2.05) is 6.92 Å². The molecule has 0 spiro atoms. The standard InChI is InChI=1S/C16H27N3O/c1-3-4-5-7-10-14-13(2)17-16(18-15(14)20)19-11-8-6-9-12-19/h3-12H2,1-2H3,(H,17,18,20). The van der Waals surface area contributed by atoms with Crippen LogP contribution < -0.4 is 10.5 Å². The van der Waals surface area contributed by atoms with Gasteiger partial charge in [0.15, 0.2) is 0 Å². The fourth-order valence-corrected chi connectivity index (χ4v) is 2.87. The van der Waals surface area contributed by atoms with Crippen molar-refractivity contribution in [2.75, 3.05) is 18.0 Å². The molecule has 1 aliphatic rings. The Balaban J connectivity index is 2.05. The molecular formula is C16H27N3O. The first kappa shape index (κ1) is 15.1. The lowest BCUT2D eigenvalue weighted by Gasteiger charge is -2.27. The molecule has 0 aliphatic carbocycles. The Morgan fingerprint density at radius 3 is 2.55 bits per heavy atom. The number of aromatic amines is 1. The number of hydrogen-bond acceptors (Lipinski definition) is 3. The minimum Gasteiger partial charge on any atom is -0.342 e. The maximum absolute atomic E-state index is 12.2. The van der Waals surface area contributed by atoms with Crippen molar-refractivity contribution in [3.63, 3.8) is 0 Å². The van der Waals surface area contributed by atoms with Gasteiger partial charge in [0, 0.05) is 24.3 Å². The van der Waals surface area contributed by atoms with Gasteiger partial charge in [0.05, 0.1) is 0 Å². The van der Waals surface area contributed by atoms with Crippen LogP contribution in [0.25, 0.3) is 0 Å². The number of rotatable bonds is 6. The van der Waals surface area contributed by atoms with E-state index in [1.165, 1.54) is 38.5 Å². The molecule has 1 aromatic heterocycles. The molecule has 20 heavy (non-hydrogen) atoms. The molecule has 0 unspecified atom stereocenters. The van der Waals surface area contributed by atoms with E-state index in [0.29, 0.717) is 0 Å². The summed E-state index contributed by atoms with van der Waals surface area (Å²) < 4.78 is 0. The predicted molar refractivity (Wildman–Crippen MR) is 83.5 cm³/mol. The zero-order chi connectivity index (χ0) is 14.4. The van der Waals surface area contributed by atoms with Crippen molar-refractivity contribution in [3.8, 4) is 0 Å². The van der Waals surface area contributed by atoms with Crippen LogP contribution in [0.4, 0.5) is 5.95 Å². The van der Waals surface area contributed by atoms with E-state index in [9.17, 15) is 4.79 Å². The minimum atomic E-state index is 0.0644. The summed E-state index contributed by atoms with van der Waals surface area (Å²) >= 11 is 0. The molecule has 1 aromatic rings. The molecule has 0 bridgehead atoms. The van der Waals surface area contributed by atoms with Crippen LogP contribution in [-0.4, -0.2) is 23.1 Å². The first-order chi connectivity index (χ1) is 9.72. The van der Waals surface area contributed by atoms with E-state index in [0.717, 1.165) is 43.1 Å². The Morgan fingerprint density at radius 2 is 1.90 bits per heavy atom. The van der Waals surface area contributed by atoms with E-state index >= 15 is 0 Å². The van der Waals surface area contributed by atoms with Gasteiger partial charge in [-0.15, -0.1) is 0 Å². The number of hydrogen-bond donors (Lipinski definition) is 1. The Bertz CT molecular complexity index is 475. The normalized spacial score (nSPS) is 15.6. The smallest absolute Gasteiger partial charge is 0.255 e. The van der Waals surface area contributed by atoms with Crippen LogP contribution in [0.1, 0.15) is 63.1 Å². The molecule has 4 heteroatoms. The molecular weight excluding hydrogens is 250 g/mol. The van der Waals surface area contributed by atoms with Gasteiger partial charge in [-0.2, -0.15) is 0 Å². The molecule has 1 saturated heterocycles. The molecule has 1 fully saturated rings. The molecule has 0 radical (unpaired) electrons. The molecule has 1 N–H and O–H groups in total. The SMILES string of the molecule is CCCCCCc1c(C)nc(N2CCCCC2)[nH]c1=O. The molecule has 112 valence electrons. The number of aryl methyl sites for hydroxylation is 1. The first-order valence-corrected chi connectivity index (χ1v) is 8.07. The summed E-state index contributed by atoms with van der Waals surface area (Å²) in [5.74, 6) is 0.768. The molecule has 0 saturated carbocycles. The quantitative estimate of drug-likeness (QED) is 0.812. The van der Waals surface area contributed by atoms with Crippen LogP contribution in [0.2, 0.25) is 0 Å². The number of nitrogens with zero attached hydrogens (tertiary/aromatic N) is 2. The molecule has 0 atom stereocenters. The van der Waals surface area contributed by atoms with E-state index in [4.69, 9.17) is 0 Å². The summed E-state index contributed by atoms with van der Waals surface area (Å²) in [7, 11) is 0. The van der Waals surface area contributed by atoms with Gasteiger partial charge in [-0.25, -0.2) is 4.98 Å². The Kier molecular flexibility index (Phi) is 5.62. The summed E-state index contributed by atoms with van der Waals surface area (Å²) in [4.78, 5) is 22.1. The van der Waals surface area contributed by atoms with Gasteiger partial charge in [-0.05, 0) is 39.0 Å². The highest BCUT2D eigenvalue weighted by Crippen LogP contribution is 2.16. The van der Waals surface area contributed by atoms with Gasteiger partial charge in [0.2, 0.25) is 5.95 Å². The molecule has 4 nitrogen and oxygen atoms in total. The monoisotopic (exact) mass is 277 g/mol. The van der Waals surface area contributed by atoms with Crippen LogP contribution in [0, 0.1) is 6.92 Å². The third kappa shape index (κ3) is 3.84. The van der Waals surface area contributed by atoms with E-state index in [2.05, 4.69) is 21.8 Å². The average molecular weight is 277 g/mol. The summed E-state index contributed by atoms with van der Waals surface area (Å²) in [6.07, 6.45) is 9.29. The number of anilines is 1. The maximum Gasteiger partial charge on any atom is 0.255 e. The van der Waals surface area contributed by atoms with Gasteiger partial charge in [-0.3, -0.25) is 9.78 Å². The fourth-order valence-electron chi connectivity index (χ4n) is 2.87. The first-order valence-electron chi connectivity index (χ1n) is 8.07. The Hall–Kier alpha value is -1.32. The van der Waals surface area contributed by atoms with Crippen molar-refractivity contribution in [1.29, 1.82) is 0 Å². The third-order valence-electron chi connectivity index (χ3n) is 4.15. The zero-order valence-corrected chi connectivity index (χ0v) is 12.9. The summed E-state index contributed by atoms with van der Waals surface area (Å²) in [6.45, 7) is 6.20. The number of aromatic nitrogens is 2. The van der Waals surface area contributed by atoms with E-state index in [-0.39, 0.29) is 5.56 Å². The van der Waals surface area contributed by atoms with Crippen molar-refractivity contribution in [1.82, 2.24) is 9.97 Å². The Morgan fingerprint density at radius 1 is 1.15 bits per heavy atom. The Labute approximate surface area is 121 Å². The van der Waals surface area contributed by atoms with Crippen LogP contribution in [0.5, 0.6) is 0 Å². The summed E-state index contributed by atoms with van der Waals surface area (Å²) in [6, 6.07) is 0. The second-order valence-corrected chi connectivity index (χ2v) is 5.81. The third-order valence-corrected chi connectivity index (χ3v) is 4.15. The zero-order valence-electron chi connectivity index (χ0n) is 12.9. The molecule has 2 rings (SSSR count). The fraction of sp³-hybridized carbons (Fsp3) is 0.750. The lowest BCUT2D eigenvalue weighted by atomic mass is 10.1. The van der Waals surface area contributed by atoms with Gasteiger partial charge >= 0.3 is 0 Å². The lowest BCUT2D eigenvalue weighted by molar-refractivity contribution is 0.566. The van der Waals surface area contributed by atoms with Crippen molar-refractivity contribution < 1.29 is 0 Å². The highest BCUT2D eigenvalue weighted by atomic mass is 16.1. The average Bonchev–Trinajstić information content (AvgIpc) is 2.46. The van der Waals surface area contributed by atoms with Crippen LogP contribution in [0.15, 0.2) is 4.79 Å². The van der Waals surface area contributed by atoms with Gasteiger partial charge in [-0.1, -0.05) is 26.2 Å². The van der Waals surface area contributed by atoms with Crippen molar-refractivity contribution in [3.05, 3.63) is 21.6 Å². The second kappa shape index (κ2) is 7.46.